The normalized spacial score (nSPS) is 12.1. The third kappa shape index (κ3) is 24.0. The summed E-state index contributed by atoms with van der Waals surface area (Å²) >= 11 is 0. The molecule has 0 atom stereocenters. The molecule has 0 saturated carbocycles. The number of aliphatic imine (C=N–C) groups is 3. The summed E-state index contributed by atoms with van der Waals surface area (Å²) in [5, 5.41) is 33.9. The molecule has 0 amide bonds. The Kier molecular flexibility index (Phi) is 32.4. The largest absolute Gasteiger partial charge is 0.507 e. The zero-order valence-electron chi connectivity index (χ0n) is 85.6. The number of benzene rings is 15. The molecule has 0 spiro atoms. The predicted molar refractivity (Wildman–Crippen MR) is 579 cm³/mol. The van der Waals surface area contributed by atoms with Gasteiger partial charge in [-0.1, -0.05) is 362 Å². The molecule has 3 aromatic heterocycles. The van der Waals surface area contributed by atoms with Gasteiger partial charge in [-0.15, -0.1) is 89.5 Å². The molecule has 732 valence electrons. The summed E-state index contributed by atoms with van der Waals surface area (Å²) in [5.41, 5.74) is 35.2. The number of phenolic OH excluding ortho intramolecular Hbond substituents is 3. The van der Waals surface area contributed by atoms with E-state index in [4.69, 9.17) is 43.2 Å². The number of rotatable bonds is 16. The van der Waals surface area contributed by atoms with Gasteiger partial charge in [-0.05, 0) is 161 Å². The molecule has 0 saturated heterocycles. The van der Waals surface area contributed by atoms with Crippen molar-refractivity contribution in [2.24, 2.45) is 15.0 Å². The number of para-hydroxylation sites is 6. The van der Waals surface area contributed by atoms with E-state index in [1.807, 2.05) is 140 Å². The average Bonchev–Trinajstić information content (AvgIpc) is 1.36. The van der Waals surface area contributed by atoms with Gasteiger partial charge in [0.05, 0.1) is 50.3 Å². The van der Waals surface area contributed by atoms with E-state index in [2.05, 4.69) is 324 Å². The maximum atomic E-state index is 11.3. The van der Waals surface area contributed by atoms with Gasteiger partial charge < -0.3 is 28.6 Å². The molecule has 15 heteroatoms. The molecule has 18 rings (SSSR count). The molecule has 0 bridgehead atoms. The van der Waals surface area contributed by atoms with Crippen molar-refractivity contribution in [3.63, 3.8) is 0 Å². The van der Waals surface area contributed by atoms with E-state index in [1.54, 1.807) is 18.6 Å². The molecule has 0 aliphatic heterocycles. The number of aromatic hydroxyl groups is 3. The molecule has 0 aliphatic rings. The van der Waals surface area contributed by atoms with Crippen molar-refractivity contribution in [2.75, 3.05) is 0 Å². The Bertz CT molecular complexity index is 7700. The first-order valence-electron chi connectivity index (χ1n) is 47.9. The van der Waals surface area contributed by atoms with Crippen molar-refractivity contribution in [3.05, 3.63) is 375 Å². The first kappa shape index (κ1) is 106. The van der Waals surface area contributed by atoms with Crippen LogP contribution in [0.25, 0.3) is 134 Å². The van der Waals surface area contributed by atoms with Crippen LogP contribution in [-0.2, 0) is 95.7 Å². The van der Waals surface area contributed by atoms with Crippen molar-refractivity contribution < 1.29 is 91.8 Å². The summed E-state index contributed by atoms with van der Waals surface area (Å²) in [6, 6.07) is 105. The fourth-order valence-corrected chi connectivity index (χ4v) is 17.4. The number of fused-ring (bicyclic) bond motifs is 3. The van der Waals surface area contributed by atoms with E-state index < -0.39 is 0 Å². The van der Waals surface area contributed by atoms with E-state index in [0.29, 0.717) is 74.1 Å². The second kappa shape index (κ2) is 43.2. The predicted octanol–water partition coefficient (Wildman–Crippen LogP) is 34.4. The van der Waals surface area contributed by atoms with Crippen molar-refractivity contribution in [3.8, 4) is 118 Å². The summed E-state index contributed by atoms with van der Waals surface area (Å²) in [6.07, 6.45) is 5.25. The molecular weight excluding hydrogens is 2290 g/mol. The maximum absolute atomic E-state index is 11.3. The average molecular weight is 2420 g/mol. The van der Waals surface area contributed by atoms with E-state index >= 15 is 0 Å². The minimum Gasteiger partial charge on any atom is -0.507 e. The Morgan fingerprint density at radius 2 is 0.613 bits per heavy atom. The van der Waals surface area contributed by atoms with Crippen LogP contribution in [0.2, 0.25) is 0 Å². The minimum atomic E-state index is -0.224. The van der Waals surface area contributed by atoms with Crippen LogP contribution in [0.1, 0.15) is 222 Å². The SMILES string of the molecule is CC(C)c1cccc(-c2c[c-]c(-c3cccc4oc(-c5ccccc5N=Cc5cc(C(C)(C)C)cc(C(C)(C)C)c5O)nc34)cc2)c1.Cc1cc(C)cc(-c2c[c-]c(-c3cccc4oc(-c5ccccc5N=Cc5cc(C(C)(C)C)cc(C(C)(C)C)c5O)nc34)cc2)c1.Cc1ccc(C)c(-c2c[c-]c(-c3cccc4oc(-c5ccccc5N=Cc5cc(C(C)(C)C)cc(C(C)(C)C)c5O)nc34)cc2)c1.[Pt].[Pt].[Pt]. The first-order valence-corrected chi connectivity index (χ1v) is 47.9. The van der Waals surface area contributed by atoms with Gasteiger partial charge in [-0.2, -0.15) is 0 Å². The third-order valence-electron chi connectivity index (χ3n) is 25.6. The van der Waals surface area contributed by atoms with Crippen LogP contribution in [-0.4, -0.2) is 48.9 Å². The molecule has 142 heavy (non-hydrogen) atoms. The van der Waals surface area contributed by atoms with Crippen LogP contribution in [0.15, 0.2) is 307 Å². The Balaban J connectivity index is 0.000000177. The Morgan fingerprint density at radius 3 is 0.937 bits per heavy atom. The molecule has 15 aromatic carbocycles. The number of oxazole rings is 3. The zero-order valence-corrected chi connectivity index (χ0v) is 92.4. The molecule has 12 nitrogen and oxygen atoms in total. The van der Waals surface area contributed by atoms with E-state index in [-0.39, 0.29) is 113 Å². The van der Waals surface area contributed by atoms with Crippen LogP contribution >= 0.6 is 0 Å². The van der Waals surface area contributed by atoms with Crippen LogP contribution in [0.3, 0.4) is 0 Å². The van der Waals surface area contributed by atoms with E-state index in [1.165, 1.54) is 44.5 Å². The van der Waals surface area contributed by atoms with Gasteiger partial charge in [0.15, 0.2) is 0 Å². The maximum Gasteiger partial charge on any atom is 0.228 e. The summed E-state index contributed by atoms with van der Waals surface area (Å²) < 4.78 is 19.0. The first-order chi connectivity index (χ1) is 65.9. The number of hydrogen-bond acceptors (Lipinski definition) is 12. The smallest absolute Gasteiger partial charge is 0.228 e. The van der Waals surface area contributed by atoms with Crippen LogP contribution in [0.5, 0.6) is 17.2 Å². The molecule has 3 heterocycles. The van der Waals surface area contributed by atoms with Gasteiger partial charge in [0.1, 0.15) is 34.0 Å². The fraction of sp³-hybridized carbons (Fsp3) is 0.244. The molecule has 0 fully saturated rings. The molecular formula is C127H125N6O6Pt3-3. The van der Waals surface area contributed by atoms with Gasteiger partial charge in [-0.3, -0.25) is 15.0 Å². The van der Waals surface area contributed by atoms with Crippen LogP contribution in [0, 0.1) is 45.9 Å². The summed E-state index contributed by atoms with van der Waals surface area (Å²) in [4.78, 5) is 29.6. The second-order valence-corrected chi connectivity index (χ2v) is 43.2. The fourth-order valence-electron chi connectivity index (χ4n) is 17.4. The summed E-state index contributed by atoms with van der Waals surface area (Å²) in [7, 11) is 0. The van der Waals surface area contributed by atoms with Gasteiger partial charge >= 0.3 is 0 Å². The number of nitrogens with zero attached hydrogens (tertiary/aromatic N) is 6. The van der Waals surface area contributed by atoms with Gasteiger partial charge in [-0.25, -0.2) is 15.0 Å². The van der Waals surface area contributed by atoms with Gasteiger partial charge in [0.25, 0.3) is 0 Å². The Morgan fingerprint density at radius 1 is 0.289 bits per heavy atom. The number of hydrogen-bond donors (Lipinski definition) is 3. The monoisotopic (exact) mass is 2410 g/mol. The van der Waals surface area contributed by atoms with Crippen molar-refractivity contribution in [1.29, 1.82) is 0 Å². The summed E-state index contributed by atoms with van der Waals surface area (Å²) in [6.45, 7) is 51.6. The Labute approximate surface area is 881 Å². The van der Waals surface area contributed by atoms with Crippen LogP contribution < -0.4 is 0 Å². The minimum absolute atomic E-state index is 0. The summed E-state index contributed by atoms with van der Waals surface area (Å²) in [5.74, 6) is 2.72. The molecule has 0 radical (unpaired) electrons. The molecule has 18 aromatic rings. The quantitative estimate of drug-likeness (QED) is 0.0628. The molecule has 0 unspecified atom stereocenters. The van der Waals surface area contributed by atoms with Gasteiger partial charge in [0.2, 0.25) is 17.7 Å². The zero-order chi connectivity index (χ0) is 99.1. The standard InChI is InChI=1S/C43H43N2O2.2C42H41N2O2.3Pt/c1-27(2)30-13-11-14-31(23-30)28-19-21-29(22-20-28)34-16-12-18-38-39(34)45-41(47-38)35-15-9-10-17-37(35)44-26-32-24-33(42(3,4)5)25-36(40(32)46)43(6,7)8;1-26-20-27(2)22-30(21-26)28-16-18-29(19-17-28)33-13-11-15-37-38(33)44-40(46-37)34-12-9-10-14-36(34)43-25-31-23-32(41(3,4)5)24-35(39(31)45)42(6,7)8;1-26-16-17-27(2)34(22-26)29-20-18-28(19-21-29)32-13-11-15-37-38(32)44-40(46-37)33-12-9-10-14-36(33)43-25-30-23-31(41(3,4)5)24-35(39(30)45)42(6,7)8;;;/h9-21,23-27,46H,1-8H3;2*9-18,20-25,45H,1-8H3;;;/q3*-1;;;. The number of aryl methyl sites for hydroxylation is 4. The number of phenols is 3. The van der Waals surface area contributed by atoms with E-state index in [9.17, 15) is 15.3 Å². The van der Waals surface area contributed by atoms with Gasteiger partial charge in [0, 0.05) is 115 Å². The molecule has 3 N–H and O–H groups in total. The van der Waals surface area contributed by atoms with E-state index in [0.717, 1.165) is 117 Å². The third-order valence-corrected chi connectivity index (χ3v) is 25.6. The Hall–Kier alpha value is -12.8. The van der Waals surface area contributed by atoms with Crippen LogP contribution in [0.4, 0.5) is 17.1 Å². The topological polar surface area (TPSA) is 176 Å². The number of aromatic nitrogens is 3. The second-order valence-electron chi connectivity index (χ2n) is 43.2. The van der Waals surface area contributed by atoms with Crippen molar-refractivity contribution in [1.82, 2.24) is 15.0 Å². The van der Waals surface area contributed by atoms with Crippen molar-refractivity contribution in [2.45, 2.75) is 205 Å². The molecule has 0 aliphatic carbocycles. The van der Waals surface area contributed by atoms with Crippen molar-refractivity contribution >= 4 is 69.0 Å².